The van der Waals surface area contributed by atoms with Gasteiger partial charge in [-0.25, -0.2) is 17.6 Å². The number of fused-ring (bicyclic) bond motifs is 2. The van der Waals surface area contributed by atoms with E-state index in [1.54, 1.807) is 0 Å². The van der Waals surface area contributed by atoms with Gasteiger partial charge in [-0.05, 0) is 57.0 Å². The number of imidazole rings is 1. The number of hydrogen-bond donors (Lipinski definition) is 0. The van der Waals surface area contributed by atoms with Crippen LogP contribution < -0.4 is 14.4 Å². The Balaban J connectivity index is 1.60. The monoisotopic (exact) mass is 678 g/mol. The summed E-state index contributed by atoms with van der Waals surface area (Å²) in [5, 5.41) is 1.83. The van der Waals surface area contributed by atoms with E-state index >= 15 is 0 Å². The summed E-state index contributed by atoms with van der Waals surface area (Å²) in [4.78, 5) is 4.33. The van der Waals surface area contributed by atoms with Crippen molar-refractivity contribution in [2.75, 3.05) is 22.1 Å². The van der Waals surface area contributed by atoms with E-state index in [2.05, 4.69) is 25.9 Å². The molecule has 12 heteroatoms. The lowest BCUT2D eigenvalue weighted by Gasteiger charge is -2.24. The molecule has 2 heterocycles. The van der Waals surface area contributed by atoms with Crippen molar-refractivity contribution in [2.24, 2.45) is 0 Å². The van der Waals surface area contributed by atoms with Crippen LogP contribution in [-0.2, 0) is 23.2 Å². The molecule has 43 heavy (non-hydrogen) atoms. The van der Waals surface area contributed by atoms with Crippen LogP contribution >= 0.6 is 46.4 Å². The second kappa shape index (κ2) is 13.1. The Hall–Kier alpha value is -2.72. The molecule has 1 aliphatic heterocycles. The van der Waals surface area contributed by atoms with E-state index in [0.717, 1.165) is 39.7 Å². The minimum Gasteiger partial charge on any atom is -0.748 e. The van der Waals surface area contributed by atoms with Gasteiger partial charge in [0.05, 0.1) is 54.7 Å². The molecule has 0 amide bonds. The van der Waals surface area contributed by atoms with Crippen LogP contribution in [0.3, 0.4) is 0 Å². The Morgan fingerprint density at radius 1 is 0.860 bits per heavy atom. The molecular weight excluding hydrogens is 650 g/mol. The van der Waals surface area contributed by atoms with Crippen molar-refractivity contribution < 1.29 is 17.5 Å². The minimum atomic E-state index is -4.28. The first-order chi connectivity index (χ1) is 20.5. The third-order valence-corrected chi connectivity index (χ3v) is 9.60. The fourth-order valence-electron chi connectivity index (χ4n) is 5.50. The molecule has 3 aromatic carbocycles. The third-order valence-electron chi connectivity index (χ3n) is 7.37. The van der Waals surface area contributed by atoms with E-state index in [-0.39, 0.29) is 6.42 Å². The number of para-hydroxylation sites is 1. The van der Waals surface area contributed by atoms with Gasteiger partial charge in [-0.1, -0.05) is 70.7 Å². The van der Waals surface area contributed by atoms with Gasteiger partial charge in [-0.2, -0.15) is 0 Å². The van der Waals surface area contributed by atoms with E-state index in [9.17, 15) is 13.0 Å². The summed E-state index contributed by atoms with van der Waals surface area (Å²) in [7, 11) is -4.28. The molecule has 5 rings (SSSR count). The van der Waals surface area contributed by atoms with Crippen molar-refractivity contribution in [2.45, 2.75) is 39.8 Å². The molecule has 0 bridgehead atoms. The Bertz CT molecular complexity index is 1840. The van der Waals surface area contributed by atoms with E-state index in [4.69, 9.17) is 46.4 Å². The van der Waals surface area contributed by atoms with Gasteiger partial charge < -0.3 is 9.45 Å². The van der Waals surface area contributed by atoms with Crippen LogP contribution in [-0.4, -0.2) is 29.8 Å². The van der Waals surface area contributed by atoms with Crippen molar-refractivity contribution in [3.63, 3.8) is 0 Å². The van der Waals surface area contributed by atoms with Gasteiger partial charge in [-0.15, -0.1) is 0 Å². The zero-order valence-corrected chi connectivity index (χ0v) is 27.4. The smallest absolute Gasteiger partial charge is 0.282 e. The highest BCUT2D eigenvalue weighted by Gasteiger charge is 2.32. The third kappa shape index (κ3) is 6.55. The lowest BCUT2D eigenvalue weighted by Crippen LogP contribution is -2.36. The van der Waals surface area contributed by atoms with Crippen molar-refractivity contribution in [3.05, 3.63) is 98.5 Å². The number of allylic oxidation sites excluding steroid dienone is 2. The standard InChI is InChI=1S/C31H30Cl4N4O3S/c1-3-36-26-17-22(32)23(33)18-27(26)38(15-8-9-16-43(40,41)42)30(36)13-10-14-31-37(4-2)28-19-24(34)25(35)20-29(28)39(31)21-11-6-5-7-12-21/h5-7,10-14,17-20H,3-4,8-9,15-16H2,1-2H3. The molecule has 1 aliphatic rings. The largest absolute Gasteiger partial charge is 0.748 e. The maximum absolute atomic E-state index is 11.2. The number of aryl methyl sites for hydroxylation is 2. The molecule has 1 aromatic heterocycles. The maximum atomic E-state index is 11.2. The van der Waals surface area contributed by atoms with Crippen molar-refractivity contribution in [3.8, 4) is 0 Å². The molecular formula is C31H30Cl4N4O3S. The number of unbranched alkanes of at least 4 members (excludes halogenated alkanes) is 1. The number of aromatic nitrogens is 2. The number of anilines is 3. The van der Waals surface area contributed by atoms with Crippen LogP contribution in [0.2, 0.25) is 20.1 Å². The summed E-state index contributed by atoms with van der Waals surface area (Å²) in [6, 6.07) is 17.5. The molecule has 0 spiro atoms. The topological polar surface area (TPSA) is 72.5 Å². The van der Waals surface area contributed by atoms with Gasteiger partial charge in [0, 0.05) is 36.2 Å². The van der Waals surface area contributed by atoms with Crippen LogP contribution in [0.25, 0.3) is 17.1 Å². The second-order valence-electron chi connectivity index (χ2n) is 10.0. The molecule has 0 radical (unpaired) electrons. The summed E-state index contributed by atoms with van der Waals surface area (Å²) in [6.45, 7) is 5.97. The maximum Gasteiger partial charge on any atom is 0.282 e. The normalized spacial score (nSPS) is 14.5. The van der Waals surface area contributed by atoms with Crippen molar-refractivity contribution in [1.29, 1.82) is 0 Å². The first-order valence-electron chi connectivity index (χ1n) is 13.9. The molecule has 226 valence electrons. The number of rotatable bonds is 10. The van der Waals surface area contributed by atoms with Gasteiger partial charge in [-0.3, -0.25) is 4.90 Å². The summed E-state index contributed by atoms with van der Waals surface area (Å²) in [6.07, 6.45) is 6.81. The van der Waals surface area contributed by atoms with E-state index in [0.29, 0.717) is 46.1 Å². The number of nitrogens with zero attached hydrogens (tertiary/aromatic N) is 4. The molecule has 0 saturated carbocycles. The fourth-order valence-corrected chi connectivity index (χ4v) is 6.69. The van der Waals surface area contributed by atoms with Gasteiger partial charge in [0.2, 0.25) is 0 Å². The predicted molar refractivity (Wildman–Crippen MR) is 177 cm³/mol. The lowest BCUT2D eigenvalue weighted by atomic mass is 10.2. The van der Waals surface area contributed by atoms with Gasteiger partial charge in [0.15, 0.2) is 11.0 Å². The zero-order valence-electron chi connectivity index (χ0n) is 23.6. The van der Waals surface area contributed by atoms with E-state index < -0.39 is 15.9 Å². The SMILES string of the molecule is CCN1C(=CC=Cc2n(CC)c3cc(Cl)c(Cl)cc3[n+]2CCCCS(=O)(=O)[O-])N(c2ccccc2)c2cc(Cl)c(Cl)cc21. The molecule has 0 N–H and O–H groups in total. The van der Waals surface area contributed by atoms with Crippen molar-refractivity contribution in [1.82, 2.24) is 4.57 Å². The summed E-state index contributed by atoms with van der Waals surface area (Å²) >= 11 is 25.7. The number of benzene rings is 3. The van der Waals surface area contributed by atoms with Crippen LogP contribution in [0.5, 0.6) is 0 Å². The molecule has 0 aliphatic carbocycles. The highest BCUT2D eigenvalue weighted by molar-refractivity contribution is 7.85. The van der Waals surface area contributed by atoms with Crippen LogP contribution in [0.1, 0.15) is 32.5 Å². The lowest BCUT2D eigenvalue weighted by molar-refractivity contribution is -0.674. The minimum absolute atomic E-state index is 0.257. The van der Waals surface area contributed by atoms with E-state index in [1.807, 2.05) is 79.7 Å². The highest BCUT2D eigenvalue weighted by Crippen LogP contribution is 2.48. The Morgan fingerprint density at radius 2 is 1.51 bits per heavy atom. The molecule has 0 fully saturated rings. The van der Waals surface area contributed by atoms with Gasteiger partial charge in [0.1, 0.15) is 5.82 Å². The Labute approximate surface area is 271 Å². The molecule has 7 nitrogen and oxygen atoms in total. The molecule has 0 atom stereocenters. The predicted octanol–water partition coefficient (Wildman–Crippen LogP) is 8.42. The average Bonchev–Trinajstić information content (AvgIpc) is 3.41. The zero-order chi connectivity index (χ0) is 30.9. The number of hydrogen-bond acceptors (Lipinski definition) is 5. The van der Waals surface area contributed by atoms with E-state index in [1.165, 1.54) is 0 Å². The average molecular weight is 680 g/mol. The second-order valence-corrected chi connectivity index (χ2v) is 13.2. The first kappa shape index (κ1) is 31.7. The number of halogens is 4. The Kier molecular flexibility index (Phi) is 9.66. The van der Waals surface area contributed by atoms with Crippen LogP contribution in [0, 0.1) is 0 Å². The van der Waals surface area contributed by atoms with Gasteiger partial charge >= 0.3 is 0 Å². The Morgan fingerprint density at radius 3 is 2.16 bits per heavy atom. The van der Waals surface area contributed by atoms with Crippen LogP contribution in [0.4, 0.5) is 17.1 Å². The fraction of sp³-hybridized carbons (Fsp3) is 0.258. The van der Waals surface area contributed by atoms with Crippen molar-refractivity contribution >= 4 is 90.7 Å². The summed E-state index contributed by atoms with van der Waals surface area (Å²) in [5.74, 6) is 1.41. The molecule has 0 saturated heterocycles. The summed E-state index contributed by atoms with van der Waals surface area (Å²) in [5.41, 5.74) is 4.63. The van der Waals surface area contributed by atoms with Gasteiger partial charge in [0.25, 0.3) is 5.82 Å². The highest BCUT2D eigenvalue weighted by atomic mass is 35.5. The molecule has 4 aromatic rings. The quantitative estimate of drug-likeness (QED) is 0.0956. The first-order valence-corrected chi connectivity index (χ1v) is 17.0. The summed E-state index contributed by atoms with van der Waals surface area (Å²) < 4.78 is 37.8. The van der Waals surface area contributed by atoms with Crippen LogP contribution in [0.15, 0.2) is 72.6 Å². The molecule has 0 unspecified atom stereocenters.